The number of carbonyl (C=O) groups excluding carboxylic acids is 1. The molecule has 2 heterocycles. The Morgan fingerprint density at radius 2 is 1.68 bits per heavy atom. The molecule has 0 unspecified atom stereocenters. The molecule has 0 aliphatic carbocycles. The van der Waals surface area contributed by atoms with Crippen molar-refractivity contribution < 1.29 is 13.2 Å². The highest BCUT2D eigenvalue weighted by Gasteiger charge is 2.26. The van der Waals surface area contributed by atoms with Crippen LogP contribution in [-0.4, -0.2) is 36.7 Å². The van der Waals surface area contributed by atoms with Crippen LogP contribution in [0.15, 0.2) is 52.1 Å². The van der Waals surface area contributed by atoms with Gasteiger partial charge in [0.05, 0.1) is 15.5 Å². The smallest absolute Gasteiger partial charge is 0.257 e. The van der Waals surface area contributed by atoms with Crippen molar-refractivity contribution in [3.63, 3.8) is 0 Å². The minimum Gasteiger partial charge on any atom is -0.298 e. The third-order valence-corrected chi connectivity index (χ3v) is 7.89. The van der Waals surface area contributed by atoms with Crippen molar-refractivity contribution in [1.82, 2.24) is 9.29 Å². The SMILES string of the molecule is CC(C)CN(CC(C)C)S(=O)(=O)c1ccc(C(=O)Nc2nc(-c3cccs3)cs2)cc1. The number of hydrogen-bond acceptors (Lipinski definition) is 6. The van der Waals surface area contributed by atoms with Crippen molar-refractivity contribution in [2.24, 2.45) is 11.8 Å². The van der Waals surface area contributed by atoms with E-state index in [-0.39, 0.29) is 22.6 Å². The summed E-state index contributed by atoms with van der Waals surface area (Å²) in [6.45, 7) is 8.91. The van der Waals surface area contributed by atoms with Crippen LogP contribution < -0.4 is 5.32 Å². The van der Waals surface area contributed by atoms with E-state index in [9.17, 15) is 13.2 Å². The van der Waals surface area contributed by atoms with Crippen LogP contribution in [0.1, 0.15) is 38.1 Å². The Labute approximate surface area is 192 Å². The van der Waals surface area contributed by atoms with Gasteiger partial charge in [-0.05, 0) is 47.5 Å². The predicted molar refractivity (Wildman–Crippen MR) is 128 cm³/mol. The fourth-order valence-corrected chi connectivity index (χ4v) is 6.28. The lowest BCUT2D eigenvalue weighted by Gasteiger charge is -2.25. The molecule has 3 rings (SSSR count). The van der Waals surface area contributed by atoms with E-state index in [2.05, 4.69) is 10.3 Å². The van der Waals surface area contributed by atoms with Crippen LogP contribution >= 0.6 is 22.7 Å². The van der Waals surface area contributed by atoms with E-state index in [0.717, 1.165) is 10.6 Å². The van der Waals surface area contributed by atoms with Gasteiger partial charge in [0, 0.05) is 24.0 Å². The average molecular weight is 478 g/mol. The van der Waals surface area contributed by atoms with Gasteiger partial charge in [0.2, 0.25) is 10.0 Å². The second-order valence-electron chi connectivity index (χ2n) is 8.10. The van der Waals surface area contributed by atoms with E-state index in [1.54, 1.807) is 23.5 Å². The zero-order valence-corrected chi connectivity index (χ0v) is 20.5. The summed E-state index contributed by atoms with van der Waals surface area (Å²) in [7, 11) is -3.62. The molecule has 0 spiro atoms. The van der Waals surface area contributed by atoms with E-state index in [0.29, 0.717) is 23.8 Å². The van der Waals surface area contributed by atoms with Crippen LogP contribution in [0.3, 0.4) is 0 Å². The Kier molecular flexibility index (Phi) is 7.64. The Balaban J connectivity index is 1.73. The van der Waals surface area contributed by atoms with Gasteiger partial charge in [0.25, 0.3) is 5.91 Å². The fourth-order valence-electron chi connectivity index (χ4n) is 3.05. The molecule has 9 heteroatoms. The van der Waals surface area contributed by atoms with Gasteiger partial charge in [-0.2, -0.15) is 4.31 Å². The zero-order chi connectivity index (χ0) is 22.6. The maximum Gasteiger partial charge on any atom is 0.257 e. The minimum atomic E-state index is -3.62. The number of hydrogen-bond donors (Lipinski definition) is 1. The number of anilines is 1. The van der Waals surface area contributed by atoms with Gasteiger partial charge in [0.1, 0.15) is 0 Å². The van der Waals surface area contributed by atoms with Gasteiger partial charge in [-0.25, -0.2) is 13.4 Å². The topological polar surface area (TPSA) is 79.4 Å². The number of benzene rings is 1. The normalized spacial score (nSPS) is 12.1. The van der Waals surface area contributed by atoms with Crippen molar-refractivity contribution >= 4 is 43.7 Å². The third kappa shape index (κ3) is 6.00. The maximum absolute atomic E-state index is 13.1. The Morgan fingerprint density at radius 1 is 1.03 bits per heavy atom. The summed E-state index contributed by atoms with van der Waals surface area (Å²) < 4.78 is 27.7. The van der Waals surface area contributed by atoms with Crippen LogP contribution in [0.4, 0.5) is 5.13 Å². The summed E-state index contributed by atoms with van der Waals surface area (Å²) in [6, 6.07) is 10.0. The number of thiophene rings is 1. The van der Waals surface area contributed by atoms with Crippen LogP contribution in [0.25, 0.3) is 10.6 Å². The molecule has 1 N–H and O–H groups in total. The highest BCUT2D eigenvalue weighted by atomic mass is 32.2. The molecule has 0 radical (unpaired) electrons. The summed E-state index contributed by atoms with van der Waals surface area (Å²) in [5.74, 6) is 0.115. The molecule has 31 heavy (non-hydrogen) atoms. The third-order valence-electron chi connectivity index (χ3n) is 4.39. The van der Waals surface area contributed by atoms with Crippen LogP contribution in [0, 0.1) is 11.8 Å². The number of thiazole rings is 1. The summed E-state index contributed by atoms with van der Waals surface area (Å²) in [5.41, 5.74) is 1.21. The Morgan fingerprint density at radius 3 is 2.23 bits per heavy atom. The quantitative estimate of drug-likeness (QED) is 0.446. The van der Waals surface area contributed by atoms with Gasteiger partial charge in [-0.3, -0.25) is 10.1 Å². The monoisotopic (exact) mass is 477 g/mol. The molecule has 6 nitrogen and oxygen atoms in total. The number of nitrogens with one attached hydrogen (secondary N) is 1. The largest absolute Gasteiger partial charge is 0.298 e. The second-order valence-corrected chi connectivity index (χ2v) is 11.8. The molecule has 0 aliphatic heterocycles. The lowest BCUT2D eigenvalue weighted by atomic mass is 10.2. The van der Waals surface area contributed by atoms with Gasteiger partial charge < -0.3 is 0 Å². The molecule has 0 atom stereocenters. The van der Waals surface area contributed by atoms with Crippen molar-refractivity contribution in [1.29, 1.82) is 0 Å². The standard InChI is InChI=1S/C22H27N3O3S3/c1-15(2)12-25(13-16(3)4)31(27,28)18-9-7-17(8-10-18)21(26)24-22-23-19(14-30-22)20-6-5-11-29-20/h5-11,14-16H,12-13H2,1-4H3,(H,23,24,26). The number of amides is 1. The van der Waals surface area contributed by atoms with Crippen molar-refractivity contribution in [2.75, 3.05) is 18.4 Å². The number of sulfonamides is 1. The first-order valence-corrected chi connectivity index (χ1v) is 13.3. The molecule has 1 amide bonds. The highest BCUT2D eigenvalue weighted by molar-refractivity contribution is 7.89. The van der Waals surface area contributed by atoms with E-state index in [1.165, 1.54) is 27.8 Å². The zero-order valence-electron chi connectivity index (χ0n) is 18.0. The molecule has 3 aromatic rings. The number of carbonyl (C=O) groups is 1. The minimum absolute atomic E-state index is 0.194. The lowest BCUT2D eigenvalue weighted by molar-refractivity contribution is 0.102. The fraction of sp³-hybridized carbons (Fsp3) is 0.364. The first-order chi connectivity index (χ1) is 14.7. The molecular weight excluding hydrogens is 450 g/mol. The van der Waals surface area contributed by atoms with Crippen molar-refractivity contribution in [3.05, 3.63) is 52.7 Å². The van der Waals surface area contributed by atoms with Gasteiger partial charge in [-0.15, -0.1) is 22.7 Å². The molecule has 0 aliphatic rings. The van der Waals surface area contributed by atoms with E-state index >= 15 is 0 Å². The first kappa shape index (κ1) is 23.6. The molecule has 2 aromatic heterocycles. The average Bonchev–Trinajstić information content (AvgIpc) is 3.38. The molecule has 0 saturated heterocycles. The van der Waals surface area contributed by atoms with Gasteiger partial charge in [-0.1, -0.05) is 33.8 Å². The molecule has 166 valence electrons. The van der Waals surface area contributed by atoms with Crippen LogP contribution in [0.5, 0.6) is 0 Å². The van der Waals surface area contributed by atoms with E-state index in [1.807, 2.05) is 50.6 Å². The Hall–Kier alpha value is -2.07. The van der Waals surface area contributed by atoms with Gasteiger partial charge in [0.15, 0.2) is 5.13 Å². The second kappa shape index (κ2) is 10.0. The molecular formula is C22H27N3O3S3. The molecule has 0 saturated carbocycles. The maximum atomic E-state index is 13.1. The van der Waals surface area contributed by atoms with Crippen LogP contribution in [-0.2, 0) is 10.0 Å². The molecule has 1 aromatic carbocycles. The highest BCUT2D eigenvalue weighted by Crippen LogP contribution is 2.28. The summed E-state index contributed by atoms with van der Waals surface area (Å²) in [5, 5.41) is 7.17. The van der Waals surface area contributed by atoms with E-state index in [4.69, 9.17) is 0 Å². The molecule has 0 fully saturated rings. The summed E-state index contributed by atoms with van der Waals surface area (Å²) >= 11 is 2.94. The predicted octanol–water partition coefficient (Wildman–Crippen LogP) is 5.43. The number of rotatable bonds is 9. The first-order valence-electron chi connectivity index (χ1n) is 10.1. The molecule has 0 bridgehead atoms. The van der Waals surface area contributed by atoms with Crippen LogP contribution in [0.2, 0.25) is 0 Å². The summed E-state index contributed by atoms with van der Waals surface area (Å²) in [6.07, 6.45) is 0. The number of nitrogens with zero attached hydrogens (tertiary/aromatic N) is 2. The van der Waals surface area contributed by atoms with Crippen molar-refractivity contribution in [3.8, 4) is 10.6 Å². The van der Waals surface area contributed by atoms with E-state index < -0.39 is 10.0 Å². The number of aromatic nitrogens is 1. The summed E-state index contributed by atoms with van der Waals surface area (Å²) in [4.78, 5) is 18.3. The Bertz CT molecular complexity index is 1090. The lowest BCUT2D eigenvalue weighted by Crippen LogP contribution is -2.37. The van der Waals surface area contributed by atoms with Crippen molar-refractivity contribution in [2.45, 2.75) is 32.6 Å². The van der Waals surface area contributed by atoms with Gasteiger partial charge >= 0.3 is 0 Å².